The Labute approximate surface area is 118 Å². The first-order valence-corrected chi connectivity index (χ1v) is 8.18. The largest absolute Gasteiger partial charge is 0.497 e. The smallest absolute Gasteiger partial charge is 0.242 e. The van der Waals surface area contributed by atoms with Crippen LogP contribution < -0.4 is 10.1 Å². The van der Waals surface area contributed by atoms with Crippen molar-refractivity contribution in [3.05, 3.63) is 24.3 Å². The SMILES string of the molecule is COc1cccc(NC(=O)C2CCCN2S(C)(=O)=O)c1. The molecule has 1 saturated heterocycles. The summed E-state index contributed by atoms with van der Waals surface area (Å²) in [6, 6.07) is 6.33. The van der Waals surface area contributed by atoms with E-state index in [4.69, 9.17) is 4.74 Å². The van der Waals surface area contributed by atoms with Crippen LogP contribution >= 0.6 is 0 Å². The Balaban J connectivity index is 2.11. The highest BCUT2D eigenvalue weighted by atomic mass is 32.2. The number of ether oxygens (including phenoxy) is 1. The Hall–Kier alpha value is -1.60. The Morgan fingerprint density at radius 3 is 2.85 bits per heavy atom. The molecule has 0 radical (unpaired) electrons. The third-order valence-corrected chi connectivity index (χ3v) is 4.56. The van der Waals surface area contributed by atoms with Crippen molar-refractivity contribution < 1.29 is 17.9 Å². The van der Waals surface area contributed by atoms with E-state index in [2.05, 4.69) is 5.32 Å². The summed E-state index contributed by atoms with van der Waals surface area (Å²) in [5.41, 5.74) is 0.592. The van der Waals surface area contributed by atoms with Crippen LogP contribution in [0.1, 0.15) is 12.8 Å². The topological polar surface area (TPSA) is 75.7 Å². The summed E-state index contributed by atoms with van der Waals surface area (Å²) >= 11 is 0. The van der Waals surface area contributed by atoms with Gasteiger partial charge in [0.1, 0.15) is 11.8 Å². The molecule has 1 aliphatic heterocycles. The van der Waals surface area contributed by atoms with Crippen molar-refractivity contribution >= 4 is 21.6 Å². The first-order valence-electron chi connectivity index (χ1n) is 6.33. The molecule has 1 unspecified atom stereocenters. The van der Waals surface area contributed by atoms with Crippen LogP contribution in [0.5, 0.6) is 5.75 Å². The number of sulfonamides is 1. The second-order valence-electron chi connectivity index (χ2n) is 4.75. The van der Waals surface area contributed by atoms with Crippen LogP contribution in [0.15, 0.2) is 24.3 Å². The first kappa shape index (κ1) is 14.8. The molecule has 0 aliphatic carbocycles. The third-order valence-electron chi connectivity index (χ3n) is 3.27. The molecule has 0 aromatic heterocycles. The van der Waals surface area contributed by atoms with Crippen molar-refractivity contribution in [1.82, 2.24) is 4.31 Å². The summed E-state index contributed by atoms with van der Waals surface area (Å²) in [6.45, 7) is 0.398. The molecule has 1 heterocycles. The summed E-state index contributed by atoms with van der Waals surface area (Å²) in [7, 11) is -1.81. The van der Waals surface area contributed by atoms with E-state index in [1.165, 1.54) is 4.31 Å². The third kappa shape index (κ3) is 3.29. The van der Waals surface area contributed by atoms with Crippen LogP contribution in [0.3, 0.4) is 0 Å². The fraction of sp³-hybridized carbons (Fsp3) is 0.462. The molecule has 2 rings (SSSR count). The predicted molar refractivity (Wildman–Crippen MR) is 76.2 cm³/mol. The maximum absolute atomic E-state index is 12.2. The second-order valence-corrected chi connectivity index (χ2v) is 6.69. The fourth-order valence-corrected chi connectivity index (χ4v) is 3.45. The first-order chi connectivity index (χ1) is 9.41. The van der Waals surface area contributed by atoms with Gasteiger partial charge in [-0.1, -0.05) is 6.07 Å². The second kappa shape index (κ2) is 5.80. The average Bonchev–Trinajstić information content (AvgIpc) is 2.88. The number of nitrogens with zero attached hydrogens (tertiary/aromatic N) is 1. The van der Waals surface area contributed by atoms with Crippen molar-refractivity contribution in [1.29, 1.82) is 0 Å². The Morgan fingerprint density at radius 1 is 1.45 bits per heavy atom. The zero-order valence-electron chi connectivity index (χ0n) is 11.5. The quantitative estimate of drug-likeness (QED) is 0.902. The van der Waals surface area contributed by atoms with Crippen LogP contribution in [-0.4, -0.2) is 44.6 Å². The molecule has 6 nitrogen and oxygen atoms in total. The molecule has 0 saturated carbocycles. The van der Waals surface area contributed by atoms with Gasteiger partial charge in [-0.05, 0) is 25.0 Å². The predicted octanol–water partition coefficient (Wildman–Crippen LogP) is 1.06. The van der Waals surface area contributed by atoms with E-state index in [0.717, 1.165) is 6.26 Å². The highest BCUT2D eigenvalue weighted by molar-refractivity contribution is 7.88. The highest BCUT2D eigenvalue weighted by Crippen LogP contribution is 2.23. The minimum Gasteiger partial charge on any atom is -0.497 e. The zero-order chi connectivity index (χ0) is 14.8. The molecule has 1 aromatic rings. The van der Waals surface area contributed by atoms with Crippen molar-refractivity contribution in [2.24, 2.45) is 0 Å². The van der Waals surface area contributed by atoms with Gasteiger partial charge in [0.2, 0.25) is 15.9 Å². The summed E-state index contributed by atoms with van der Waals surface area (Å²) in [4.78, 5) is 12.2. The van der Waals surface area contributed by atoms with E-state index in [1.54, 1.807) is 31.4 Å². The van der Waals surface area contributed by atoms with Gasteiger partial charge in [-0.2, -0.15) is 4.31 Å². The monoisotopic (exact) mass is 298 g/mol. The number of methoxy groups -OCH3 is 1. The van der Waals surface area contributed by atoms with Gasteiger partial charge < -0.3 is 10.1 Å². The van der Waals surface area contributed by atoms with E-state index in [-0.39, 0.29) is 5.91 Å². The van der Waals surface area contributed by atoms with Crippen LogP contribution in [0, 0.1) is 0 Å². The van der Waals surface area contributed by atoms with Crippen molar-refractivity contribution in [3.63, 3.8) is 0 Å². The normalized spacial score (nSPS) is 19.8. The molecule has 1 aliphatic rings. The lowest BCUT2D eigenvalue weighted by Gasteiger charge is -2.21. The van der Waals surface area contributed by atoms with E-state index in [1.807, 2.05) is 0 Å². The number of anilines is 1. The molecular formula is C13H18N2O4S. The molecule has 1 N–H and O–H groups in total. The van der Waals surface area contributed by atoms with Crippen LogP contribution in [0.25, 0.3) is 0 Å². The number of carbonyl (C=O) groups is 1. The van der Waals surface area contributed by atoms with E-state index in [9.17, 15) is 13.2 Å². The number of hydrogen-bond donors (Lipinski definition) is 1. The van der Waals surface area contributed by atoms with Gasteiger partial charge in [-0.3, -0.25) is 4.79 Å². The maximum atomic E-state index is 12.2. The van der Waals surface area contributed by atoms with Gasteiger partial charge >= 0.3 is 0 Å². The van der Waals surface area contributed by atoms with E-state index < -0.39 is 16.1 Å². The summed E-state index contributed by atoms with van der Waals surface area (Å²) in [5, 5.41) is 2.74. The number of carbonyl (C=O) groups excluding carboxylic acids is 1. The van der Waals surface area contributed by atoms with Crippen molar-refractivity contribution in [3.8, 4) is 5.75 Å². The maximum Gasteiger partial charge on any atom is 0.242 e. The van der Waals surface area contributed by atoms with Crippen LogP contribution in [-0.2, 0) is 14.8 Å². The number of hydrogen-bond acceptors (Lipinski definition) is 4. The van der Waals surface area contributed by atoms with Gasteiger partial charge in [0.15, 0.2) is 0 Å². The molecule has 1 amide bonds. The fourth-order valence-electron chi connectivity index (χ4n) is 2.33. The standard InChI is InChI=1S/C13H18N2O4S/c1-19-11-6-3-5-10(9-11)14-13(16)12-7-4-8-15(12)20(2,17)18/h3,5-6,9,12H,4,7-8H2,1-2H3,(H,14,16). The molecule has 7 heteroatoms. The molecule has 1 aromatic carbocycles. The zero-order valence-corrected chi connectivity index (χ0v) is 12.3. The highest BCUT2D eigenvalue weighted by Gasteiger charge is 2.36. The molecule has 1 atom stereocenters. The Bertz CT molecular complexity index is 600. The van der Waals surface area contributed by atoms with Gasteiger partial charge in [0.25, 0.3) is 0 Å². The molecule has 110 valence electrons. The summed E-state index contributed by atoms with van der Waals surface area (Å²) < 4.78 is 29.6. The van der Waals surface area contributed by atoms with E-state index >= 15 is 0 Å². The molecule has 0 spiro atoms. The van der Waals surface area contributed by atoms with E-state index in [0.29, 0.717) is 30.8 Å². The lowest BCUT2D eigenvalue weighted by Crippen LogP contribution is -2.42. The summed E-state index contributed by atoms with van der Waals surface area (Å²) in [6.07, 6.45) is 2.37. The molecule has 20 heavy (non-hydrogen) atoms. The Morgan fingerprint density at radius 2 is 2.20 bits per heavy atom. The Kier molecular flexibility index (Phi) is 4.29. The van der Waals surface area contributed by atoms with Crippen LogP contribution in [0.2, 0.25) is 0 Å². The lowest BCUT2D eigenvalue weighted by molar-refractivity contribution is -0.119. The molecular weight excluding hydrogens is 280 g/mol. The molecule has 1 fully saturated rings. The lowest BCUT2D eigenvalue weighted by atomic mass is 10.2. The average molecular weight is 298 g/mol. The number of benzene rings is 1. The van der Waals surface area contributed by atoms with Gasteiger partial charge in [0.05, 0.1) is 13.4 Å². The summed E-state index contributed by atoms with van der Waals surface area (Å²) in [5.74, 6) is 0.329. The minimum atomic E-state index is -3.35. The number of nitrogens with one attached hydrogen (secondary N) is 1. The number of rotatable bonds is 4. The van der Waals surface area contributed by atoms with Gasteiger partial charge in [0, 0.05) is 18.3 Å². The van der Waals surface area contributed by atoms with Gasteiger partial charge in [-0.25, -0.2) is 8.42 Å². The van der Waals surface area contributed by atoms with Crippen molar-refractivity contribution in [2.75, 3.05) is 25.2 Å². The number of amides is 1. The molecule has 0 bridgehead atoms. The van der Waals surface area contributed by atoms with Gasteiger partial charge in [-0.15, -0.1) is 0 Å². The van der Waals surface area contributed by atoms with Crippen LogP contribution in [0.4, 0.5) is 5.69 Å². The minimum absolute atomic E-state index is 0.304. The van der Waals surface area contributed by atoms with Crippen molar-refractivity contribution in [2.45, 2.75) is 18.9 Å².